The van der Waals surface area contributed by atoms with Crippen molar-refractivity contribution in [3.05, 3.63) is 12.7 Å². The number of carbonyl (C=O) groups excluding carboxylic acids is 1. The topological polar surface area (TPSA) is 26.3 Å². The third-order valence-corrected chi connectivity index (χ3v) is 0.283. The van der Waals surface area contributed by atoms with Crippen LogP contribution in [-0.4, -0.2) is 14.0 Å². The molecule has 32 valence electrons. The van der Waals surface area contributed by atoms with Gasteiger partial charge in [-0.3, -0.25) is 0 Å². The van der Waals surface area contributed by atoms with Crippen molar-refractivity contribution in [3.63, 3.8) is 0 Å². The molecule has 0 aromatic heterocycles. The van der Waals surface area contributed by atoms with Gasteiger partial charge in [0.1, 0.15) is 0 Å². The predicted molar refractivity (Wildman–Crippen MR) is 22.0 cm³/mol. The van der Waals surface area contributed by atoms with Crippen LogP contribution in [0.2, 0.25) is 0 Å². The zero-order valence-electron chi connectivity index (χ0n) is 3.89. The molecule has 0 rings (SSSR count). The molecule has 7 heavy (non-hydrogen) atoms. The van der Waals surface area contributed by atoms with E-state index in [9.17, 15) is 4.79 Å². The third-order valence-electron chi connectivity index (χ3n) is 0.283. The minimum absolute atomic E-state index is 0. The van der Waals surface area contributed by atoms with Gasteiger partial charge in [0.15, 0.2) is 0 Å². The van der Waals surface area contributed by atoms with Gasteiger partial charge in [0, 0.05) is 6.08 Å². The molecule has 0 bridgehead atoms. The summed E-state index contributed by atoms with van der Waals surface area (Å²) in [6.45, 7) is 3.08. The van der Waals surface area contributed by atoms with E-state index in [2.05, 4.69) is 19.3 Å². The molecule has 0 N–H and O–H groups in total. The number of hydrogen-bond acceptors (Lipinski definition) is 2. The van der Waals surface area contributed by atoms with E-state index in [1.165, 1.54) is 0 Å². The molecule has 0 aliphatic carbocycles. The standard InChI is InChI=1S/C3H3BO2.Rf/c1-2-3(5)6-4;/h2H,1H2;. The Morgan fingerprint density at radius 1 is 1.86 bits per heavy atom. The summed E-state index contributed by atoms with van der Waals surface area (Å²) in [5, 5.41) is 0. The summed E-state index contributed by atoms with van der Waals surface area (Å²) >= 11 is 0. The fraction of sp³-hybridized carbons (Fsp3) is 0. The molecule has 4 heteroatoms. The summed E-state index contributed by atoms with van der Waals surface area (Å²) in [4.78, 5) is 9.72. The van der Waals surface area contributed by atoms with E-state index >= 15 is 0 Å². The van der Waals surface area contributed by atoms with Crippen LogP contribution in [0.15, 0.2) is 12.7 Å². The van der Waals surface area contributed by atoms with Crippen molar-refractivity contribution in [1.82, 2.24) is 0 Å². The van der Waals surface area contributed by atoms with Crippen molar-refractivity contribution in [3.8, 4) is 0 Å². The first-order valence-electron chi connectivity index (χ1n) is 1.34. The first-order chi connectivity index (χ1) is 2.81. The fourth-order valence-corrected chi connectivity index (χ4v) is 0.0481. The minimum Gasteiger partial charge on any atom is -0.540 e. The molecule has 2 nitrogen and oxygen atoms in total. The monoisotopic (exact) mass is 349 g/mol. The quantitative estimate of drug-likeness (QED) is 0.484. The third kappa shape index (κ3) is 4.27. The summed E-state index contributed by atoms with van der Waals surface area (Å²) in [5.74, 6) is -0.616. The van der Waals surface area contributed by atoms with Gasteiger partial charge in [-0.1, -0.05) is 6.58 Å². The minimum atomic E-state index is -0.616. The molecular formula is C3H3BO2Rf. The van der Waals surface area contributed by atoms with Crippen molar-refractivity contribution in [2.75, 3.05) is 0 Å². The second kappa shape index (κ2) is 4.27. The second-order valence-corrected chi connectivity index (χ2v) is 0.641. The maximum atomic E-state index is 9.72. The molecule has 0 aliphatic heterocycles. The summed E-state index contributed by atoms with van der Waals surface area (Å²) in [6.07, 6.45) is 0.986. The summed E-state index contributed by atoms with van der Waals surface area (Å²) in [7, 11) is 4.36. The van der Waals surface area contributed by atoms with E-state index < -0.39 is 5.97 Å². The molecule has 0 aromatic carbocycles. The average Bonchev–Trinajstić information content (AvgIpc) is 1.65. The van der Waals surface area contributed by atoms with E-state index in [1.54, 1.807) is 0 Å². The van der Waals surface area contributed by atoms with Gasteiger partial charge in [-0.25, -0.2) is 4.79 Å². The average molecular weight is 349 g/mol. The summed E-state index contributed by atoms with van der Waals surface area (Å²) in [5.41, 5.74) is 0. The molecule has 0 unspecified atom stereocenters. The van der Waals surface area contributed by atoms with Crippen LogP contribution in [0, 0.1) is 0 Å². The number of hydrogen-bond donors (Lipinski definition) is 0. The summed E-state index contributed by atoms with van der Waals surface area (Å²) in [6, 6.07) is 0. The van der Waals surface area contributed by atoms with Gasteiger partial charge in [0.25, 0.3) is 0 Å². The van der Waals surface area contributed by atoms with E-state index in [4.69, 9.17) is 0 Å². The van der Waals surface area contributed by atoms with Gasteiger partial charge < -0.3 is 4.65 Å². The molecule has 0 spiro atoms. The number of rotatable bonds is 1. The molecule has 0 heterocycles. The zero-order chi connectivity index (χ0) is 4.99. The Balaban J connectivity index is 0. The zero-order valence-corrected chi connectivity index (χ0v) is 10.3. The van der Waals surface area contributed by atoms with E-state index in [-0.39, 0.29) is 0 Å². The van der Waals surface area contributed by atoms with Crippen LogP contribution in [0.4, 0.5) is 0 Å². The Bertz CT molecular complexity index is 73.3. The molecule has 0 fully saturated rings. The van der Waals surface area contributed by atoms with Crippen molar-refractivity contribution in [2.45, 2.75) is 0 Å². The number of carbonyl (C=O) groups is 1. The largest absolute Gasteiger partial charge is 0.540 e. The Hall–Kier alpha value is -1.73. The molecule has 0 saturated heterocycles. The van der Waals surface area contributed by atoms with E-state index in [1.807, 2.05) is 0 Å². The first-order valence-corrected chi connectivity index (χ1v) is 1.34. The van der Waals surface area contributed by atoms with Crippen molar-refractivity contribution in [2.24, 2.45) is 0 Å². The van der Waals surface area contributed by atoms with Gasteiger partial charge in [-0.05, 0) is 0 Å². The van der Waals surface area contributed by atoms with Crippen LogP contribution >= 0.6 is 0 Å². The second-order valence-electron chi connectivity index (χ2n) is 0.641. The maximum absolute atomic E-state index is 9.72. The van der Waals surface area contributed by atoms with Gasteiger partial charge in [-0.2, -0.15) is 0 Å². The van der Waals surface area contributed by atoms with E-state index in [0.717, 1.165) is 6.08 Å². The van der Waals surface area contributed by atoms with Gasteiger partial charge in [0.2, 0.25) is 0 Å². The van der Waals surface area contributed by atoms with Crippen molar-refractivity contribution < 1.29 is 9.45 Å². The molecule has 0 aromatic rings. The van der Waals surface area contributed by atoms with E-state index in [0.29, 0.717) is 0 Å². The van der Waals surface area contributed by atoms with Crippen LogP contribution in [0.5, 0.6) is 0 Å². The normalized spacial score (nSPS) is 5.71. The van der Waals surface area contributed by atoms with Crippen LogP contribution in [-0.2, 0) is 9.45 Å². The Morgan fingerprint density at radius 3 is 2.29 bits per heavy atom. The van der Waals surface area contributed by atoms with Gasteiger partial charge in [0.05, 0.1) is 0 Å². The van der Waals surface area contributed by atoms with Crippen LogP contribution in [0.1, 0.15) is 0 Å². The fourth-order valence-electron chi connectivity index (χ4n) is 0.0481. The first kappa shape index (κ1) is 8.99. The Labute approximate surface area is 37.2 Å². The maximum Gasteiger partial charge on any atom is 0.378 e. The SMILES string of the molecule is [B]OC(=O)C=C.[Rf]. The molecule has 0 saturated carbocycles. The van der Waals surface area contributed by atoms with Gasteiger partial charge >= 0.3 is 14.0 Å². The van der Waals surface area contributed by atoms with Gasteiger partial charge in [-0.15, -0.1) is 0 Å². The van der Waals surface area contributed by atoms with Crippen LogP contribution in [0.3, 0.4) is 0 Å². The smallest absolute Gasteiger partial charge is 0.378 e. The molecule has 2 radical (unpaired) electrons. The molecule has 0 amide bonds. The Kier molecular flexibility index (Phi) is 5.49. The Morgan fingerprint density at radius 2 is 2.29 bits per heavy atom. The molecule has 0 atom stereocenters. The molecule has 0 aliphatic rings. The van der Waals surface area contributed by atoms with Crippen molar-refractivity contribution >= 4 is 14.0 Å². The molecular weight excluding hydrogens is 346 g/mol. The van der Waals surface area contributed by atoms with Crippen molar-refractivity contribution in [1.29, 1.82) is 0 Å². The van der Waals surface area contributed by atoms with Crippen LogP contribution < -0.4 is 0 Å². The van der Waals surface area contributed by atoms with Crippen LogP contribution in [0.25, 0.3) is 0 Å². The summed E-state index contributed by atoms with van der Waals surface area (Å²) < 4.78 is 3.64. The predicted octanol–water partition coefficient (Wildman–Crippen LogP) is -0.201.